The van der Waals surface area contributed by atoms with Crippen LogP contribution in [0.2, 0.25) is 0 Å². The van der Waals surface area contributed by atoms with Gasteiger partial charge in [-0.2, -0.15) is 0 Å². The molecule has 0 saturated carbocycles. The van der Waals surface area contributed by atoms with E-state index < -0.39 is 0 Å². The lowest BCUT2D eigenvalue weighted by Gasteiger charge is -2.29. The van der Waals surface area contributed by atoms with Gasteiger partial charge in [-0.1, -0.05) is 30.3 Å². The normalized spacial score (nSPS) is 16.2. The summed E-state index contributed by atoms with van der Waals surface area (Å²) in [6.07, 6.45) is 3.66. The summed E-state index contributed by atoms with van der Waals surface area (Å²) in [6, 6.07) is 24.9. The van der Waals surface area contributed by atoms with Gasteiger partial charge in [-0.15, -0.1) is 0 Å². The number of anilines is 4. The fourth-order valence-electron chi connectivity index (χ4n) is 4.70. The van der Waals surface area contributed by atoms with E-state index in [9.17, 15) is 9.59 Å². The maximum absolute atomic E-state index is 13.6. The lowest BCUT2D eigenvalue weighted by atomic mass is 10.0. The molecule has 0 aliphatic carbocycles. The fraction of sp³-hybridized carbons (Fsp3) is 0.241. The van der Waals surface area contributed by atoms with E-state index in [4.69, 9.17) is 0 Å². The Labute approximate surface area is 206 Å². The van der Waals surface area contributed by atoms with Crippen LogP contribution in [0.1, 0.15) is 24.8 Å². The highest BCUT2D eigenvalue weighted by Crippen LogP contribution is 2.35. The molecule has 3 aromatic rings. The van der Waals surface area contributed by atoms with Crippen molar-refractivity contribution >= 4 is 40.1 Å². The van der Waals surface area contributed by atoms with E-state index in [0.29, 0.717) is 22.5 Å². The van der Waals surface area contributed by atoms with Gasteiger partial charge >= 0.3 is 0 Å². The van der Waals surface area contributed by atoms with Crippen LogP contribution < -0.4 is 20.0 Å². The molecule has 2 heterocycles. The van der Waals surface area contributed by atoms with Gasteiger partial charge in [-0.25, -0.2) is 4.90 Å². The van der Waals surface area contributed by atoms with Crippen LogP contribution in [0.5, 0.6) is 0 Å². The second-order valence-electron chi connectivity index (χ2n) is 9.19. The lowest BCUT2D eigenvalue weighted by Crippen LogP contribution is -2.32. The van der Waals surface area contributed by atoms with Crippen molar-refractivity contribution in [3.63, 3.8) is 0 Å². The van der Waals surface area contributed by atoms with Crippen LogP contribution in [0, 0.1) is 0 Å². The minimum absolute atomic E-state index is 0.291. The fourth-order valence-corrected chi connectivity index (χ4v) is 4.70. The van der Waals surface area contributed by atoms with E-state index in [0.717, 1.165) is 30.2 Å². The highest BCUT2D eigenvalue weighted by Gasteiger charge is 2.40. The molecule has 0 atom stereocenters. The zero-order valence-electron chi connectivity index (χ0n) is 20.2. The van der Waals surface area contributed by atoms with Crippen molar-refractivity contribution in [1.29, 1.82) is 0 Å². The first-order chi connectivity index (χ1) is 17.0. The average Bonchev–Trinajstić information content (AvgIpc) is 3.14. The summed E-state index contributed by atoms with van der Waals surface area (Å²) in [5, 5.41) is 3.24. The largest absolute Gasteiger partial charge is 0.378 e. The molecule has 6 nitrogen and oxygen atoms in total. The van der Waals surface area contributed by atoms with Gasteiger partial charge < -0.3 is 15.1 Å². The number of piperidine rings is 1. The molecule has 2 amide bonds. The summed E-state index contributed by atoms with van der Waals surface area (Å²) in [7, 11) is 3.96. The number of nitrogens with zero attached hydrogens (tertiary/aromatic N) is 3. The standard InChI is InChI=1S/C29H30N4O2/c1-31(2)23-13-11-22(12-14-23)30-27-26(21-9-5-3-6-10-21)28(34)33(29(27)35)25-17-15-24(16-18-25)32-19-7-4-8-20-32/h3,5-6,9-18,30H,4,7-8,19-20H2,1-2H3. The maximum Gasteiger partial charge on any atom is 0.282 e. The Bertz CT molecular complexity index is 1240. The molecule has 0 spiro atoms. The molecule has 178 valence electrons. The summed E-state index contributed by atoms with van der Waals surface area (Å²) in [4.78, 5) is 32.9. The molecule has 2 aliphatic rings. The molecule has 6 heteroatoms. The Morgan fingerprint density at radius 3 is 1.97 bits per heavy atom. The van der Waals surface area contributed by atoms with Crippen molar-refractivity contribution < 1.29 is 9.59 Å². The highest BCUT2D eigenvalue weighted by molar-refractivity contribution is 6.46. The van der Waals surface area contributed by atoms with Crippen LogP contribution in [0.25, 0.3) is 5.57 Å². The van der Waals surface area contributed by atoms with Crippen LogP contribution >= 0.6 is 0 Å². The first-order valence-corrected chi connectivity index (χ1v) is 12.1. The zero-order chi connectivity index (χ0) is 24.4. The Hall–Kier alpha value is -4.06. The number of hydrogen-bond donors (Lipinski definition) is 1. The zero-order valence-corrected chi connectivity index (χ0v) is 20.2. The second-order valence-corrected chi connectivity index (χ2v) is 9.19. The van der Waals surface area contributed by atoms with Gasteiger partial charge in [0.05, 0.1) is 11.3 Å². The maximum atomic E-state index is 13.6. The van der Waals surface area contributed by atoms with Gasteiger partial charge in [0, 0.05) is 44.2 Å². The Kier molecular flexibility index (Phi) is 6.27. The summed E-state index contributed by atoms with van der Waals surface area (Å²) < 4.78 is 0. The number of imide groups is 1. The summed E-state index contributed by atoms with van der Waals surface area (Å²) in [6.45, 7) is 2.09. The van der Waals surface area contributed by atoms with E-state index in [1.807, 2.05) is 97.9 Å². The summed E-state index contributed by atoms with van der Waals surface area (Å²) in [5.74, 6) is -0.671. The van der Waals surface area contributed by atoms with E-state index in [2.05, 4.69) is 10.2 Å². The average molecular weight is 467 g/mol. The van der Waals surface area contributed by atoms with Crippen LogP contribution in [0.4, 0.5) is 22.7 Å². The first kappa shape index (κ1) is 22.7. The van der Waals surface area contributed by atoms with E-state index >= 15 is 0 Å². The smallest absolute Gasteiger partial charge is 0.282 e. The summed E-state index contributed by atoms with van der Waals surface area (Å²) >= 11 is 0. The molecule has 1 fully saturated rings. The van der Waals surface area contributed by atoms with Crippen molar-refractivity contribution in [2.24, 2.45) is 0 Å². The Balaban J connectivity index is 1.47. The highest BCUT2D eigenvalue weighted by atomic mass is 16.2. The van der Waals surface area contributed by atoms with Gasteiger partial charge in [0.1, 0.15) is 5.70 Å². The monoisotopic (exact) mass is 466 g/mol. The van der Waals surface area contributed by atoms with Crippen LogP contribution in [-0.2, 0) is 9.59 Å². The predicted octanol–water partition coefficient (Wildman–Crippen LogP) is 5.14. The van der Waals surface area contributed by atoms with Crippen LogP contribution in [-0.4, -0.2) is 39.0 Å². The van der Waals surface area contributed by atoms with E-state index in [1.54, 1.807) is 0 Å². The molecule has 0 radical (unpaired) electrons. The van der Waals surface area contributed by atoms with E-state index in [-0.39, 0.29) is 11.8 Å². The van der Waals surface area contributed by atoms with Crippen molar-refractivity contribution in [2.45, 2.75) is 19.3 Å². The third-order valence-electron chi connectivity index (χ3n) is 6.63. The molecule has 35 heavy (non-hydrogen) atoms. The molecule has 0 bridgehead atoms. The predicted molar refractivity (Wildman–Crippen MR) is 143 cm³/mol. The van der Waals surface area contributed by atoms with Crippen molar-refractivity contribution in [3.05, 3.63) is 90.1 Å². The van der Waals surface area contributed by atoms with Crippen LogP contribution in [0.15, 0.2) is 84.6 Å². The van der Waals surface area contributed by atoms with Crippen molar-refractivity contribution in [1.82, 2.24) is 0 Å². The Morgan fingerprint density at radius 1 is 0.714 bits per heavy atom. The van der Waals surface area contributed by atoms with Gasteiger partial charge in [-0.3, -0.25) is 9.59 Å². The number of carbonyl (C=O) groups excluding carboxylic acids is 2. The van der Waals surface area contributed by atoms with Gasteiger partial charge in [-0.05, 0) is 73.4 Å². The third kappa shape index (κ3) is 4.52. The molecular formula is C29H30N4O2. The number of nitrogens with one attached hydrogen (secondary N) is 1. The number of hydrogen-bond acceptors (Lipinski definition) is 5. The molecule has 0 aromatic heterocycles. The lowest BCUT2D eigenvalue weighted by molar-refractivity contribution is -0.120. The summed E-state index contributed by atoms with van der Waals surface area (Å²) in [5.41, 5.74) is 4.90. The topological polar surface area (TPSA) is 55.9 Å². The van der Waals surface area contributed by atoms with E-state index in [1.165, 1.54) is 24.2 Å². The molecule has 5 rings (SSSR count). The molecule has 1 N–H and O–H groups in total. The molecule has 3 aromatic carbocycles. The number of rotatable bonds is 6. The quantitative estimate of drug-likeness (QED) is 0.510. The van der Waals surface area contributed by atoms with Gasteiger partial charge in [0.15, 0.2) is 0 Å². The Morgan fingerprint density at radius 2 is 1.34 bits per heavy atom. The second kappa shape index (κ2) is 9.66. The van der Waals surface area contributed by atoms with Gasteiger partial charge in [0.2, 0.25) is 0 Å². The number of benzene rings is 3. The SMILES string of the molecule is CN(C)c1ccc(NC2=C(c3ccccc3)C(=O)N(c3ccc(N4CCCCC4)cc3)C2=O)cc1. The van der Waals surface area contributed by atoms with Crippen molar-refractivity contribution in [3.8, 4) is 0 Å². The van der Waals surface area contributed by atoms with Gasteiger partial charge in [0.25, 0.3) is 11.8 Å². The molecule has 1 saturated heterocycles. The molecule has 0 unspecified atom stereocenters. The third-order valence-corrected chi connectivity index (χ3v) is 6.63. The molecule has 2 aliphatic heterocycles. The van der Waals surface area contributed by atoms with Crippen LogP contribution in [0.3, 0.4) is 0 Å². The number of carbonyl (C=O) groups is 2. The minimum atomic E-state index is -0.351. The number of amides is 2. The minimum Gasteiger partial charge on any atom is -0.378 e. The van der Waals surface area contributed by atoms with Crippen molar-refractivity contribution in [2.75, 3.05) is 47.2 Å². The first-order valence-electron chi connectivity index (χ1n) is 12.1. The molecular weight excluding hydrogens is 436 g/mol.